The van der Waals surface area contributed by atoms with Crippen molar-refractivity contribution in [3.05, 3.63) is 48.2 Å². The van der Waals surface area contributed by atoms with Crippen LogP contribution in [0.25, 0.3) is 0 Å². The number of rotatable bonds is 6. The Morgan fingerprint density at radius 2 is 1.81 bits per heavy atom. The zero-order valence-corrected chi connectivity index (χ0v) is 16.3. The fraction of sp³-hybridized carbons (Fsp3) is 0.591. The van der Waals surface area contributed by atoms with Gasteiger partial charge in [0.15, 0.2) is 0 Å². The summed E-state index contributed by atoms with van der Waals surface area (Å²) in [7, 11) is 1.70. The summed E-state index contributed by atoms with van der Waals surface area (Å²) in [6.07, 6.45) is 10.5. The highest BCUT2D eigenvalue weighted by Gasteiger charge is 2.29. The van der Waals surface area contributed by atoms with Crippen LogP contribution < -0.4 is 5.32 Å². The van der Waals surface area contributed by atoms with Gasteiger partial charge in [-0.15, -0.1) is 0 Å². The van der Waals surface area contributed by atoms with E-state index >= 15 is 0 Å². The minimum absolute atomic E-state index is 0.242. The van der Waals surface area contributed by atoms with E-state index in [2.05, 4.69) is 16.3 Å². The van der Waals surface area contributed by atoms with Gasteiger partial charge in [-0.1, -0.05) is 30.3 Å². The molecule has 0 spiro atoms. The van der Waals surface area contributed by atoms with Gasteiger partial charge in [-0.3, -0.25) is 0 Å². The van der Waals surface area contributed by atoms with Gasteiger partial charge in [0, 0.05) is 12.1 Å². The summed E-state index contributed by atoms with van der Waals surface area (Å²) < 4.78 is 10.4. The van der Waals surface area contributed by atoms with E-state index < -0.39 is 0 Å². The molecule has 1 aromatic carbocycles. The van der Waals surface area contributed by atoms with Gasteiger partial charge in [0.05, 0.1) is 13.4 Å². The topological polar surface area (TPSA) is 50.8 Å². The van der Waals surface area contributed by atoms with Crippen molar-refractivity contribution < 1.29 is 14.3 Å². The molecule has 0 unspecified atom stereocenters. The average Bonchev–Trinajstić information content (AvgIpc) is 2.72. The molecule has 0 aromatic heterocycles. The van der Waals surface area contributed by atoms with E-state index in [1.54, 1.807) is 7.11 Å². The van der Waals surface area contributed by atoms with Crippen LogP contribution in [0.5, 0.6) is 0 Å². The zero-order chi connectivity index (χ0) is 18.9. The van der Waals surface area contributed by atoms with Gasteiger partial charge < -0.3 is 19.7 Å². The highest BCUT2D eigenvalue weighted by Crippen LogP contribution is 2.28. The number of ether oxygens (including phenoxy) is 2. The second-order valence-corrected chi connectivity index (χ2v) is 7.65. The number of nitrogens with one attached hydrogen (secondary N) is 1. The first-order valence-corrected chi connectivity index (χ1v) is 10.2. The van der Waals surface area contributed by atoms with Gasteiger partial charge in [0.2, 0.25) is 0 Å². The van der Waals surface area contributed by atoms with Crippen LogP contribution in [-0.2, 0) is 16.1 Å². The van der Waals surface area contributed by atoms with Crippen LogP contribution >= 0.6 is 0 Å². The normalized spacial score (nSPS) is 24.6. The van der Waals surface area contributed by atoms with E-state index in [9.17, 15) is 4.79 Å². The number of carbonyl (C=O) groups is 1. The molecule has 27 heavy (non-hydrogen) atoms. The lowest BCUT2D eigenvalue weighted by Gasteiger charge is -2.40. The maximum atomic E-state index is 12.0. The Kier molecular flexibility index (Phi) is 7.57. The first-order valence-electron chi connectivity index (χ1n) is 10.2. The molecule has 1 aromatic rings. The molecule has 1 N–H and O–H groups in total. The van der Waals surface area contributed by atoms with Gasteiger partial charge in [-0.05, 0) is 69.2 Å². The molecule has 0 atom stereocenters. The predicted octanol–water partition coefficient (Wildman–Crippen LogP) is 4.10. The first-order chi connectivity index (χ1) is 13.2. The van der Waals surface area contributed by atoms with Crippen molar-refractivity contribution in [1.82, 2.24) is 10.2 Å². The van der Waals surface area contributed by atoms with Gasteiger partial charge in [0.25, 0.3) is 0 Å². The quantitative estimate of drug-likeness (QED) is 0.764. The molecular weight excluding hydrogens is 340 g/mol. The number of methoxy groups -OCH3 is 1. The third-order valence-corrected chi connectivity index (χ3v) is 5.81. The maximum absolute atomic E-state index is 12.0. The van der Waals surface area contributed by atoms with Crippen molar-refractivity contribution in [3.63, 3.8) is 0 Å². The summed E-state index contributed by atoms with van der Waals surface area (Å²) >= 11 is 0. The van der Waals surface area contributed by atoms with Crippen LogP contribution in [0.15, 0.2) is 42.7 Å². The Labute approximate surface area is 162 Å². The van der Waals surface area contributed by atoms with Crippen LogP contribution in [0.4, 0.5) is 4.79 Å². The van der Waals surface area contributed by atoms with E-state index in [1.807, 2.05) is 36.6 Å². The Hall–Kier alpha value is -2.01. The number of hydrogen-bond acceptors (Lipinski definition) is 4. The summed E-state index contributed by atoms with van der Waals surface area (Å²) in [5.74, 6) is 0.651. The molecule has 0 radical (unpaired) electrons. The van der Waals surface area contributed by atoms with E-state index in [0.29, 0.717) is 18.6 Å². The highest BCUT2D eigenvalue weighted by atomic mass is 16.5. The van der Waals surface area contributed by atoms with Crippen molar-refractivity contribution in [3.8, 4) is 0 Å². The smallest absolute Gasteiger partial charge is 0.407 e. The minimum Gasteiger partial charge on any atom is -0.505 e. The molecule has 1 aliphatic heterocycles. The van der Waals surface area contributed by atoms with Gasteiger partial charge >= 0.3 is 6.09 Å². The summed E-state index contributed by atoms with van der Waals surface area (Å²) in [5.41, 5.74) is 1.01. The molecule has 2 aliphatic rings. The van der Waals surface area contributed by atoms with Crippen LogP contribution in [0, 0.1) is 5.92 Å². The van der Waals surface area contributed by atoms with Crippen molar-refractivity contribution in [2.24, 2.45) is 5.92 Å². The number of amides is 1. The van der Waals surface area contributed by atoms with Gasteiger partial charge in [-0.2, -0.15) is 0 Å². The monoisotopic (exact) mass is 372 g/mol. The standard InChI is InChI=1S/C22H32N2O3/c1-26-16-13-18-11-14-24(15-12-18)21-9-7-20(8-10-21)23-22(25)27-17-19-5-3-2-4-6-19/h2-6,13,16,18,20-21H,7-12,14-15,17H2,1H3,(H,23,25)/b16-13+. The number of nitrogens with zero attached hydrogens (tertiary/aromatic N) is 1. The summed E-state index contributed by atoms with van der Waals surface area (Å²) in [4.78, 5) is 14.7. The third-order valence-electron chi connectivity index (χ3n) is 5.81. The molecule has 5 heteroatoms. The summed E-state index contributed by atoms with van der Waals surface area (Å²) in [6.45, 7) is 2.66. The lowest BCUT2D eigenvalue weighted by molar-refractivity contribution is 0.101. The fourth-order valence-electron chi connectivity index (χ4n) is 4.18. The Morgan fingerprint density at radius 3 is 2.48 bits per heavy atom. The van der Waals surface area contributed by atoms with E-state index in [1.165, 1.54) is 25.9 Å². The molecule has 0 bridgehead atoms. The van der Waals surface area contributed by atoms with Crippen molar-refractivity contribution in [1.29, 1.82) is 0 Å². The second kappa shape index (κ2) is 10.4. The molecule has 5 nitrogen and oxygen atoms in total. The summed E-state index contributed by atoms with van der Waals surface area (Å²) in [5, 5.41) is 3.04. The highest BCUT2D eigenvalue weighted by molar-refractivity contribution is 5.67. The van der Waals surface area contributed by atoms with E-state index in [-0.39, 0.29) is 12.1 Å². The summed E-state index contributed by atoms with van der Waals surface area (Å²) in [6, 6.07) is 10.7. The minimum atomic E-state index is -0.298. The molecule has 2 fully saturated rings. The average molecular weight is 373 g/mol. The Balaban J connectivity index is 1.33. The lowest BCUT2D eigenvalue weighted by Crippen LogP contribution is -2.46. The molecule has 1 amide bonds. The number of benzene rings is 1. The number of likely N-dealkylation sites (tertiary alicyclic amines) is 1. The van der Waals surface area contributed by atoms with Crippen molar-refractivity contribution in [2.75, 3.05) is 20.2 Å². The van der Waals surface area contributed by atoms with Gasteiger partial charge in [0.1, 0.15) is 6.61 Å². The van der Waals surface area contributed by atoms with E-state index in [0.717, 1.165) is 31.2 Å². The number of alkyl carbamates (subject to hydrolysis) is 1. The molecule has 148 valence electrons. The molecular formula is C22H32N2O3. The number of hydrogen-bond donors (Lipinski definition) is 1. The van der Waals surface area contributed by atoms with Crippen molar-refractivity contribution >= 4 is 6.09 Å². The molecule has 1 saturated carbocycles. The molecule has 3 rings (SSSR count). The van der Waals surface area contributed by atoms with Crippen LogP contribution in [0.3, 0.4) is 0 Å². The van der Waals surface area contributed by atoms with Crippen molar-refractivity contribution in [2.45, 2.75) is 57.2 Å². The van der Waals surface area contributed by atoms with Crippen LogP contribution in [0.1, 0.15) is 44.1 Å². The zero-order valence-electron chi connectivity index (χ0n) is 16.3. The third kappa shape index (κ3) is 6.28. The fourth-order valence-corrected chi connectivity index (χ4v) is 4.18. The van der Waals surface area contributed by atoms with E-state index in [4.69, 9.17) is 9.47 Å². The molecule has 1 saturated heterocycles. The first kappa shape index (κ1) is 19.7. The van der Waals surface area contributed by atoms with Crippen LogP contribution in [0.2, 0.25) is 0 Å². The molecule has 1 heterocycles. The second-order valence-electron chi connectivity index (χ2n) is 7.65. The Morgan fingerprint density at radius 1 is 1.11 bits per heavy atom. The largest absolute Gasteiger partial charge is 0.505 e. The maximum Gasteiger partial charge on any atom is 0.407 e. The Bertz CT molecular complexity index is 589. The predicted molar refractivity (Wildman–Crippen MR) is 106 cm³/mol. The lowest BCUT2D eigenvalue weighted by atomic mass is 9.88. The van der Waals surface area contributed by atoms with Crippen LogP contribution in [-0.4, -0.2) is 43.3 Å². The number of allylic oxidation sites excluding steroid dienone is 1. The number of piperidine rings is 1. The molecule has 1 aliphatic carbocycles. The van der Waals surface area contributed by atoms with Gasteiger partial charge in [-0.25, -0.2) is 4.79 Å². The number of carbonyl (C=O) groups excluding carboxylic acids is 1. The SMILES string of the molecule is CO/C=C/C1CCN(C2CCC(NC(=O)OCc3ccccc3)CC2)CC1.